The average molecular weight is 259 g/mol. The maximum Gasteiger partial charge on any atom is 0.276 e. The van der Waals surface area contributed by atoms with Crippen LogP contribution in [0.25, 0.3) is 6.08 Å². The van der Waals surface area contributed by atoms with Crippen molar-refractivity contribution in [2.75, 3.05) is 6.54 Å². The number of nitro groups is 1. The first kappa shape index (κ1) is 14.4. The molecule has 6 heteroatoms. The Labute approximate surface area is 110 Å². The quantitative estimate of drug-likeness (QED) is 0.496. The molecule has 98 valence electrons. The van der Waals surface area contributed by atoms with Gasteiger partial charge in [0.25, 0.3) is 5.69 Å². The van der Waals surface area contributed by atoms with Gasteiger partial charge in [0.15, 0.2) is 0 Å². The predicted octanol–water partition coefficient (Wildman–Crippen LogP) is 1.88. The van der Waals surface area contributed by atoms with Gasteiger partial charge in [-0.05, 0) is 19.1 Å². The number of nitriles is 1. The van der Waals surface area contributed by atoms with Gasteiger partial charge >= 0.3 is 0 Å². The molecule has 0 radical (unpaired) electrons. The Bertz CT molecular complexity index is 546. The molecule has 1 aromatic carbocycles. The first-order chi connectivity index (χ1) is 9.04. The third kappa shape index (κ3) is 4.60. The zero-order chi connectivity index (χ0) is 14.3. The minimum Gasteiger partial charge on any atom is -0.351 e. The summed E-state index contributed by atoms with van der Waals surface area (Å²) in [4.78, 5) is 21.7. The molecule has 0 saturated carbocycles. The molecule has 0 aliphatic carbocycles. The molecule has 0 unspecified atom stereocenters. The fraction of sp³-hybridized carbons (Fsp3) is 0.231. The van der Waals surface area contributed by atoms with Crippen LogP contribution in [0.2, 0.25) is 0 Å². The summed E-state index contributed by atoms with van der Waals surface area (Å²) < 4.78 is 0. The molecule has 1 atom stereocenters. The molecular formula is C13H13N3O3. The zero-order valence-corrected chi connectivity index (χ0v) is 10.4. The Hall–Kier alpha value is -2.68. The van der Waals surface area contributed by atoms with Crippen LogP contribution < -0.4 is 5.32 Å². The Morgan fingerprint density at radius 1 is 1.58 bits per heavy atom. The number of carbonyl (C=O) groups excluding carboxylic acids is 1. The molecular weight excluding hydrogens is 246 g/mol. The van der Waals surface area contributed by atoms with E-state index in [0.717, 1.165) is 0 Å². The number of carbonyl (C=O) groups is 1. The van der Waals surface area contributed by atoms with Gasteiger partial charge in [-0.15, -0.1) is 0 Å². The molecule has 0 aromatic heterocycles. The summed E-state index contributed by atoms with van der Waals surface area (Å²) in [6.45, 7) is 1.93. The molecule has 1 amide bonds. The second kappa shape index (κ2) is 6.91. The van der Waals surface area contributed by atoms with Gasteiger partial charge < -0.3 is 5.32 Å². The van der Waals surface area contributed by atoms with E-state index in [9.17, 15) is 14.9 Å². The van der Waals surface area contributed by atoms with Gasteiger partial charge in [0.1, 0.15) is 0 Å². The topological polar surface area (TPSA) is 96.0 Å². The van der Waals surface area contributed by atoms with Crippen LogP contribution in [0.5, 0.6) is 0 Å². The van der Waals surface area contributed by atoms with Crippen LogP contribution in [0.3, 0.4) is 0 Å². The van der Waals surface area contributed by atoms with Crippen molar-refractivity contribution in [3.05, 3.63) is 46.0 Å². The molecule has 0 saturated heterocycles. The highest BCUT2D eigenvalue weighted by Crippen LogP contribution is 2.18. The molecule has 1 aromatic rings. The Morgan fingerprint density at radius 3 is 2.89 bits per heavy atom. The first-order valence-corrected chi connectivity index (χ1v) is 5.63. The largest absolute Gasteiger partial charge is 0.351 e. The van der Waals surface area contributed by atoms with Gasteiger partial charge in [-0.25, -0.2) is 0 Å². The van der Waals surface area contributed by atoms with E-state index in [1.54, 1.807) is 25.1 Å². The van der Waals surface area contributed by atoms with Gasteiger partial charge in [0.2, 0.25) is 5.91 Å². The normalized spacial score (nSPS) is 11.8. The van der Waals surface area contributed by atoms with Gasteiger partial charge in [-0.2, -0.15) is 5.26 Å². The summed E-state index contributed by atoms with van der Waals surface area (Å²) in [6.07, 6.45) is 2.59. The number of amides is 1. The fourth-order valence-electron chi connectivity index (χ4n) is 1.32. The van der Waals surface area contributed by atoms with Crippen LogP contribution in [-0.4, -0.2) is 17.4 Å². The number of nitrogens with one attached hydrogen (secondary N) is 1. The highest BCUT2D eigenvalue weighted by atomic mass is 16.6. The lowest BCUT2D eigenvalue weighted by atomic mass is 10.1. The summed E-state index contributed by atoms with van der Waals surface area (Å²) in [6, 6.07) is 8.13. The van der Waals surface area contributed by atoms with E-state index in [4.69, 9.17) is 5.26 Å². The van der Waals surface area contributed by atoms with Crippen LogP contribution in [0, 0.1) is 27.4 Å². The second-order valence-corrected chi connectivity index (χ2v) is 3.92. The standard InChI is InChI=1S/C13H13N3O3/c1-10(8-14)9-15-13(17)7-6-11-4-2-3-5-12(11)16(18)19/h2-7,10H,9H2,1H3,(H,15,17)/b7-6+/t10-/m1/s1. The second-order valence-electron chi connectivity index (χ2n) is 3.92. The number of hydrogen-bond acceptors (Lipinski definition) is 4. The zero-order valence-electron chi connectivity index (χ0n) is 10.4. The minimum atomic E-state index is -0.505. The molecule has 0 fully saturated rings. The van der Waals surface area contributed by atoms with Crippen molar-refractivity contribution in [2.45, 2.75) is 6.92 Å². The van der Waals surface area contributed by atoms with Gasteiger partial charge in [-0.3, -0.25) is 14.9 Å². The number of nitro benzene ring substituents is 1. The van der Waals surface area contributed by atoms with Crippen molar-refractivity contribution >= 4 is 17.7 Å². The number of hydrogen-bond donors (Lipinski definition) is 1. The van der Waals surface area contributed by atoms with Crippen molar-refractivity contribution in [3.63, 3.8) is 0 Å². The van der Waals surface area contributed by atoms with Crippen LogP contribution in [0.4, 0.5) is 5.69 Å². The fourth-order valence-corrected chi connectivity index (χ4v) is 1.32. The van der Waals surface area contributed by atoms with Crippen molar-refractivity contribution in [1.82, 2.24) is 5.32 Å². The Balaban J connectivity index is 2.69. The van der Waals surface area contributed by atoms with Crippen molar-refractivity contribution in [2.24, 2.45) is 5.92 Å². The number of benzene rings is 1. The molecule has 1 rings (SSSR count). The molecule has 0 spiro atoms. The SMILES string of the molecule is C[C@H](C#N)CNC(=O)/C=C/c1ccccc1[N+](=O)[O-]. The highest BCUT2D eigenvalue weighted by Gasteiger charge is 2.09. The Kier molecular flexibility index (Phi) is 5.23. The van der Waals surface area contributed by atoms with Crippen LogP contribution in [0.1, 0.15) is 12.5 Å². The summed E-state index contributed by atoms with van der Waals surface area (Å²) in [5, 5.41) is 21.8. The van der Waals surface area contributed by atoms with Crippen molar-refractivity contribution in [1.29, 1.82) is 5.26 Å². The maximum absolute atomic E-state index is 11.4. The van der Waals surface area contributed by atoms with Gasteiger partial charge in [0.05, 0.1) is 22.5 Å². The van der Waals surface area contributed by atoms with Crippen LogP contribution >= 0.6 is 0 Å². The van der Waals surface area contributed by atoms with E-state index in [-0.39, 0.29) is 24.1 Å². The molecule has 0 bridgehead atoms. The monoisotopic (exact) mass is 259 g/mol. The summed E-state index contributed by atoms with van der Waals surface area (Å²) in [5.74, 6) is -0.663. The molecule has 0 heterocycles. The third-order valence-electron chi connectivity index (χ3n) is 2.35. The molecule has 0 aliphatic heterocycles. The lowest BCUT2D eigenvalue weighted by Crippen LogP contribution is -2.25. The number of rotatable bonds is 5. The summed E-state index contributed by atoms with van der Waals surface area (Å²) in [5.41, 5.74) is 0.299. The van der Waals surface area contributed by atoms with Gasteiger partial charge in [-0.1, -0.05) is 12.1 Å². The Morgan fingerprint density at radius 2 is 2.26 bits per heavy atom. The van der Waals surface area contributed by atoms with E-state index < -0.39 is 4.92 Å². The highest BCUT2D eigenvalue weighted by molar-refractivity contribution is 5.92. The maximum atomic E-state index is 11.4. The molecule has 0 aliphatic rings. The van der Waals surface area contributed by atoms with E-state index in [2.05, 4.69) is 5.32 Å². The predicted molar refractivity (Wildman–Crippen MR) is 69.9 cm³/mol. The van der Waals surface area contributed by atoms with E-state index in [1.165, 1.54) is 18.2 Å². The number of nitrogens with zero attached hydrogens (tertiary/aromatic N) is 2. The van der Waals surface area contributed by atoms with Crippen LogP contribution in [0.15, 0.2) is 30.3 Å². The lowest BCUT2D eigenvalue weighted by molar-refractivity contribution is -0.385. The molecule has 1 N–H and O–H groups in total. The summed E-state index contributed by atoms with van der Waals surface area (Å²) in [7, 11) is 0. The van der Waals surface area contributed by atoms with Gasteiger partial charge in [0, 0.05) is 18.7 Å². The van der Waals surface area contributed by atoms with E-state index in [1.807, 2.05) is 6.07 Å². The molecule has 6 nitrogen and oxygen atoms in total. The average Bonchev–Trinajstić information content (AvgIpc) is 2.42. The third-order valence-corrected chi connectivity index (χ3v) is 2.35. The molecule has 19 heavy (non-hydrogen) atoms. The van der Waals surface area contributed by atoms with Crippen molar-refractivity contribution < 1.29 is 9.72 Å². The van der Waals surface area contributed by atoms with Crippen LogP contribution in [-0.2, 0) is 4.79 Å². The number of para-hydroxylation sites is 1. The van der Waals surface area contributed by atoms with E-state index >= 15 is 0 Å². The minimum absolute atomic E-state index is 0.0584. The smallest absolute Gasteiger partial charge is 0.276 e. The van der Waals surface area contributed by atoms with Crippen molar-refractivity contribution in [3.8, 4) is 6.07 Å². The summed E-state index contributed by atoms with van der Waals surface area (Å²) >= 11 is 0. The van der Waals surface area contributed by atoms with E-state index in [0.29, 0.717) is 5.56 Å². The lowest BCUT2D eigenvalue weighted by Gasteiger charge is -2.02. The first-order valence-electron chi connectivity index (χ1n) is 5.63.